The van der Waals surface area contributed by atoms with Gasteiger partial charge in [-0.1, -0.05) is 29.1 Å². The second-order valence-corrected chi connectivity index (χ2v) is 4.76. The number of rotatable bonds is 4. The third-order valence-corrected chi connectivity index (χ3v) is 3.41. The molecule has 4 N–H and O–H groups in total. The summed E-state index contributed by atoms with van der Waals surface area (Å²) in [5, 5.41) is 11.8. The van der Waals surface area contributed by atoms with Gasteiger partial charge in [-0.2, -0.15) is 0 Å². The van der Waals surface area contributed by atoms with Gasteiger partial charge >= 0.3 is 0 Å². The Labute approximate surface area is 117 Å². The zero-order valence-electron chi connectivity index (χ0n) is 10.2. The fourth-order valence-electron chi connectivity index (χ4n) is 1.51. The summed E-state index contributed by atoms with van der Waals surface area (Å²) >= 11 is 1.18. The van der Waals surface area contributed by atoms with Crippen molar-refractivity contribution < 1.29 is 9.60 Å². The standard InChI is InChI=1S/C12H11FN4O2S/c13-10-7(2-1-3-8(10)11(14)17-19)6-20-12-15-5-4-9(18)16-12/h1-5,19H,6H2,(H2,14,17)(H,15,16,18). The van der Waals surface area contributed by atoms with Crippen LogP contribution in [0.1, 0.15) is 11.1 Å². The van der Waals surface area contributed by atoms with Crippen molar-refractivity contribution in [1.29, 1.82) is 0 Å². The summed E-state index contributed by atoms with van der Waals surface area (Å²) in [7, 11) is 0. The quantitative estimate of drug-likeness (QED) is 0.197. The highest BCUT2D eigenvalue weighted by Gasteiger charge is 2.12. The number of nitrogens with two attached hydrogens (primary N) is 1. The molecule has 0 saturated carbocycles. The summed E-state index contributed by atoms with van der Waals surface area (Å²) in [5.41, 5.74) is 5.51. The molecule has 2 rings (SSSR count). The van der Waals surface area contributed by atoms with Gasteiger partial charge in [-0.15, -0.1) is 0 Å². The molecule has 0 amide bonds. The van der Waals surface area contributed by atoms with Gasteiger partial charge in [0.1, 0.15) is 5.82 Å². The number of nitrogens with one attached hydrogen (secondary N) is 1. The van der Waals surface area contributed by atoms with Crippen LogP contribution in [0.2, 0.25) is 0 Å². The number of oxime groups is 1. The van der Waals surface area contributed by atoms with Crippen molar-refractivity contribution in [3.8, 4) is 0 Å². The molecule has 0 fully saturated rings. The Bertz CT molecular complexity index is 702. The fraction of sp³-hybridized carbons (Fsp3) is 0.0833. The topological polar surface area (TPSA) is 104 Å². The molecule has 0 atom stereocenters. The van der Waals surface area contributed by atoms with E-state index in [1.54, 1.807) is 12.1 Å². The van der Waals surface area contributed by atoms with Crippen molar-refractivity contribution in [2.24, 2.45) is 10.9 Å². The molecule has 2 aromatic rings. The average Bonchev–Trinajstić information content (AvgIpc) is 2.45. The van der Waals surface area contributed by atoms with Gasteiger partial charge in [0.25, 0.3) is 5.56 Å². The molecule has 0 aliphatic heterocycles. The van der Waals surface area contributed by atoms with Gasteiger partial charge in [0.15, 0.2) is 11.0 Å². The number of nitrogens with zero attached hydrogens (tertiary/aromatic N) is 2. The highest BCUT2D eigenvalue weighted by atomic mass is 32.2. The predicted octanol–water partition coefficient (Wildman–Crippen LogP) is 1.30. The molecule has 1 aromatic heterocycles. The molecule has 20 heavy (non-hydrogen) atoms. The summed E-state index contributed by atoms with van der Waals surface area (Å²) < 4.78 is 14.1. The first-order valence-corrected chi connectivity index (χ1v) is 6.54. The maximum absolute atomic E-state index is 14.1. The van der Waals surface area contributed by atoms with E-state index in [0.717, 1.165) is 0 Å². The Morgan fingerprint density at radius 1 is 1.50 bits per heavy atom. The maximum Gasteiger partial charge on any atom is 0.251 e. The summed E-state index contributed by atoms with van der Waals surface area (Å²) in [6, 6.07) is 5.90. The molecule has 0 aliphatic rings. The van der Waals surface area contributed by atoms with Crippen LogP contribution in [0.3, 0.4) is 0 Å². The average molecular weight is 294 g/mol. The lowest BCUT2D eigenvalue weighted by Crippen LogP contribution is -2.15. The van der Waals surface area contributed by atoms with Gasteiger partial charge in [-0.25, -0.2) is 9.37 Å². The lowest BCUT2D eigenvalue weighted by atomic mass is 10.1. The SMILES string of the molecule is N/C(=N/O)c1cccc(CSc2nccc(=O)[nH]2)c1F. The molecule has 0 bridgehead atoms. The first-order chi connectivity index (χ1) is 9.61. The van der Waals surface area contributed by atoms with Crippen LogP contribution in [-0.2, 0) is 5.75 Å². The Hall–Kier alpha value is -2.35. The lowest BCUT2D eigenvalue weighted by Gasteiger charge is -2.06. The van der Waals surface area contributed by atoms with Crippen LogP contribution >= 0.6 is 11.8 Å². The van der Waals surface area contributed by atoms with Crippen molar-refractivity contribution in [3.05, 3.63) is 57.8 Å². The van der Waals surface area contributed by atoms with E-state index in [4.69, 9.17) is 10.9 Å². The summed E-state index contributed by atoms with van der Waals surface area (Å²) in [4.78, 5) is 17.6. The van der Waals surface area contributed by atoms with Crippen LogP contribution < -0.4 is 11.3 Å². The number of hydrogen-bond acceptors (Lipinski definition) is 5. The molecule has 6 nitrogen and oxygen atoms in total. The lowest BCUT2D eigenvalue weighted by molar-refractivity contribution is 0.318. The number of thioether (sulfide) groups is 1. The van der Waals surface area contributed by atoms with E-state index in [9.17, 15) is 9.18 Å². The molecule has 1 aromatic carbocycles. The maximum atomic E-state index is 14.1. The third-order valence-electron chi connectivity index (χ3n) is 2.47. The number of halogens is 1. The fourth-order valence-corrected chi connectivity index (χ4v) is 2.34. The molecule has 0 spiro atoms. The number of benzene rings is 1. The highest BCUT2D eigenvalue weighted by Crippen LogP contribution is 2.21. The van der Waals surface area contributed by atoms with Crippen LogP contribution in [0.25, 0.3) is 0 Å². The van der Waals surface area contributed by atoms with Gasteiger partial charge in [-0.3, -0.25) is 4.79 Å². The van der Waals surface area contributed by atoms with Crippen LogP contribution in [0.15, 0.2) is 45.6 Å². The van der Waals surface area contributed by atoms with E-state index < -0.39 is 5.82 Å². The van der Waals surface area contributed by atoms with Crippen LogP contribution in [-0.4, -0.2) is 21.0 Å². The van der Waals surface area contributed by atoms with Gasteiger partial charge in [0.05, 0.1) is 5.56 Å². The molecule has 0 radical (unpaired) electrons. The number of amidine groups is 1. The zero-order valence-corrected chi connectivity index (χ0v) is 11.0. The highest BCUT2D eigenvalue weighted by molar-refractivity contribution is 7.98. The van der Waals surface area contributed by atoms with Crippen LogP contribution in [0, 0.1) is 5.82 Å². The Kier molecular flexibility index (Phi) is 4.36. The second kappa shape index (κ2) is 6.20. The molecule has 0 aliphatic carbocycles. The van der Waals surface area contributed by atoms with Gasteiger partial charge < -0.3 is 15.9 Å². The summed E-state index contributed by atoms with van der Waals surface area (Å²) in [6.45, 7) is 0. The minimum Gasteiger partial charge on any atom is -0.409 e. The van der Waals surface area contributed by atoms with Crippen molar-refractivity contribution in [2.45, 2.75) is 10.9 Å². The summed E-state index contributed by atoms with van der Waals surface area (Å²) in [5.74, 6) is -0.597. The molecule has 0 unspecified atom stereocenters. The van der Waals surface area contributed by atoms with Crippen molar-refractivity contribution in [2.75, 3.05) is 0 Å². The van der Waals surface area contributed by atoms with E-state index >= 15 is 0 Å². The Balaban J connectivity index is 2.20. The van der Waals surface area contributed by atoms with E-state index in [1.807, 2.05) is 0 Å². The molecular weight excluding hydrogens is 283 g/mol. The van der Waals surface area contributed by atoms with Gasteiger partial charge in [0.2, 0.25) is 0 Å². The molecule has 8 heteroatoms. The normalized spacial score (nSPS) is 11.6. The Morgan fingerprint density at radius 3 is 3.00 bits per heavy atom. The van der Waals surface area contributed by atoms with Crippen molar-refractivity contribution in [1.82, 2.24) is 9.97 Å². The third kappa shape index (κ3) is 3.15. The van der Waals surface area contributed by atoms with Gasteiger partial charge in [0, 0.05) is 18.0 Å². The number of aromatic amines is 1. The van der Waals surface area contributed by atoms with E-state index in [2.05, 4.69) is 15.1 Å². The van der Waals surface area contributed by atoms with E-state index in [0.29, 0.717) is 10.7 Å². The Morgan fingerprint density at radius 2 is 2.30 bits per heavy atom. The van der Waals surface area contributed by atoms with Crippen molar-refractivity contribution >= 4 is 17.6 Å². The smallest absolute Gasteiger partial charge is 0.251 e. The van der Waals surface area contributed by atoms with Crippen molar-refractivity contribution in [3.63, 3.8) is 0 Å². The number of H-pyrrole nitrogens is 1. The molecular formula is C12H11FN4O2S. The first kappa shape index (κ1) is 14.1. The zero-order chi connectivity index (χ0) is 14.5. The number of aromatic nitrogens is 2. The second-order valence-electron chi connectivity index (χ2n) is 3.79. The first-order valence-electron chi connectivity index (χ1n) is 5.55. The van der Waals surface area contributed by atoms with Crippen LogP contribution in [0.4, 0.5) is 4.39 Å². The van der Waals surface area contributed by atoms with Gasteiger partial charge in [-0.05, 0) is 11.6 Å². The minimum absolute atomic E-state index is 0.0279. The van der Waals surface area contributed by atoms with E-state index in [1.165, 1.54) is 30.1 Å². The van der Waals surface area contributed by atoms with E-state index in [-0.39, 0.29) is 22.7 Å². The predicted molar refractivity (Wildman–Crippen MR) is 73.3 cm³/mol. The number of hydrogen-bond donors (Lipinski definition) is 3. The molecule has 104 valence electrons. The molecule has 0 saturated heterocycles. The summed E-state index contributed by atoms with van der Waals surface area (Å²) in [6.07, 6.45) is 1.38. The minimum atomic E-state index is -0.562. The van der Waals surface area contributed by atoms with Crippen LogP contribution in [0.5, 0.6) is 0 Å². The molecule has 1 heterocycles. The monoisotopic (exact) mass is 294 g/mol. The largest absolute Gasteiger partial charge is 0.409 e.